The number of benzene rings is 2. The lowest BCUT2D eigenvalue weighted by Gasteiger charge is -2.09. The SMILES string of the molecule is COc1cc(Br)cc(NCCc2ccc(CCO)cc2)c1. The predicted molar refractivity (Wildman–Crippen MR) is 90.1 cm³/mol. The van der Waals surface area contributed by atoms with E-state index in [-0.39, 0.29) is 6.61 Å². The van der Waals surface area contributed by atoms with Crippen LogP contribution in [-0.2, 0) is 12.8 Å². The molecule has 0 saturated heterocycles. The van der Waals surface area contributed by atoms with Gasteiger partial charge in [-0.1, -0.05) is 40.2 Å². The Labute approximate surface area is 134 Å². The van der Waals surface area contributed by atoms with Gasteiger partial charge in [-0.25, -0.2) is 0 Å². The number of hydrogen-bond donors (Lipinski definition) is 2. The topological polar surface area (TPSA) is 41.5 Å². The zero-order valence-corrected chi connectivity index (χ0v) is 13.7. The fourth-order valence-electron chi connectivity index (χ4n) is 2.14. The average Bonchev–Trinajstić information content (AvgIpc) is 2.49. The molecular weight excluding hydrogens is 330 g/mol. The normalized spacial score (nSPS) is 10.4. The van der Waals surface area contributed by atoms with Gasteiger partial charge in [0, 0.05) is 29.4 Å². The van der Waals surface area contributed by atoms with Crippen LogP contribution in [0.25, 0.3) is 0 Å². The Morgan fingerprint density at radius 1 is 1.05 bits per heavy atom. The Morgan fingerprint density at radius 3 is 2.33 bits per heavy atom. The van der Waals surface area contributed by atoms with Crippen LogP contribution in [0.5, 0.6) is 5.75 Å². The van der Waals surface area contributed by atoms with Crippen molar-refractivity contribution in [1.29, 1.82) is 0 Å². The second-order valence-electron chi connectivity index (χ2n) is 4.85. The minimum atomic E-state index is 0.200. The molecule has 2 aromatic rings. The van der Waals surface area contributed by atoms with E-state index in [9.17, 15) is 0 Å². The highest BCUT2D eigenvalue weighted by Gasteiger charge is 2.00. The molecule has 112 valence electrons. The van der Waals surface area contributed by atoms with Crippen molar-refractivity contribution in [2.75, 3.05) is 25.6 Å². The molecule has 0 radical (unpaired) electrons. The molecule has 0 aliphatic carbocycles. The molecule has 0 atom stereocenters. The highest BCUT2D eigenvalue weighted by Crippen LogP contribution is 2.24. The van der Waals surface area contributed by atoms with E-state index in [1.165, 1.54) is 11.1 Å². The van der Waals surface area contributed by atoms with E-state index >= 15 is 0 Å². The van der Waals surface area contributed by atoms with Crippen LogP contribution < -0.4 is 10.1 Å². The van der Waals surface area contributed by atoms with Gasteiger partial charge in [0.05, 0.1) is 7.11 Å². The first-order chi connectivity index (χ1) is 10.2. The summed E-state index contributed by atoms with van der Waals surface area (Å²) in [4.78, 5) is 0. The number of methoxy groups -OCH3 is 1. The van der Waals surface area contributed by atoms with Gasteiger partial charge < -0.3 is 15.2 Å². The van der Waals surface area contributed by atoms with E-state index in [1.807, 2.05) is 18.2 Å². The van der Waals surface area contributed by atoms with Gasteiger partial charge in [-0.15, -0.1) is 0 Å². The summed E-state index contributed by atoms with van der Waals surface area (Å²) in [6, 6.07) is 14.3. The first-order valence-corrected chi connectivity index (χ1v) is 7.77. The van der Waals surface area contributed by atoms with Crippen molar-refractivity contribution in [3.05, 3.63) is 58.1 Å². The second kappa shape index (κ2) is 8.05. The number of aliphatic hydroxyl groups excluding tert-OH is 1. The molecule has 4 heteroatoms. The lowest BCUT2D eigenvalue weighted by molar-refractivity contribution is 0.299. The third-order valence-electron chi connectivity index (χ3n) is 3.27. The van der Waals surface area contributed by atoms with Crippen LogP contribution in [0.1, 0.15) is 11.1 Å². The van der Waals surface area contributed by atoms with Crippen molar-refractivity contribution in [1.82, 2.24) is 0 Å². The molecule has 3 nitrogen and oxygen atoms in total. The molecule has 0 fully saturated rings. The zero-order chi connectivity index (χ0) is 15.1. The maximum atomic E-state index is 8.90. The first kappa shape index (κ1) is 15.9. The van der Waals surface area contributed by atoms with E-state index in [0.29, 0.717) is 0 Å². The van der Waals surface area contributed by atoms with Crippen LogP contribution in [0, 0.1) is 0 Å². The van der Waals surface area contributed by atoms with Gasteiger partial charge in [-0.3, -0.25) is 0 Å². The molecule has 0 bridgehead atoms. The highest BCUT2D eigenvalue weighted by atomic mass is 79.9. The Morgan fingerprint density at radius 2 is 1.71 bits per heavy atom. The molecule has 0 aliphatic rings. The van der Waals surface area contributed by atoms with Crippen LogP contribution >= 0.6 is 15.9 Å². The Kier molecular flexibility index (Phi) is 6.08. The fraction of sp³-hybridized carbons (Fsp3) is 0.294. The number of aliphatic hydroxyl groups is 1. The van der Waals surface area contributed by atoms with Crippen LogP contribution in [0.15, 0.2) is 46.9 Å². The van der Waals surface area contributed by atoms with Gasteiger partial charge in [0.15, 0.2) is 0 Å². The Balaban J connectivity index is 1.87. The van der Waals surface area contributed by atoms with E-state index < -0.39 is 0 Å². The molecule has 2 aromatic carbocycles. The van der Waals surface area contributed by atoms with Gasteiger partial charge in [0.2, 0.25) is 0 Å². The lowest BCUT2D eigenvalue weighted by Crippen LogP contribution is -2.05. The maximum absolute atomic E-state index is 8.90. The average molecular weight is 350 g/mol. The summed E-state index contributed by atoms with van der Waals surface area (Å²) in [6.07, 6.45) is 1.67. The van der Waals surface area contributed by atoms with Crippen LogP contribution in [0.3, 0.4) is 0 Å². The second-order valence-corrected chi connectivity index (χ2v) is 5.76. The molecule has 2 N–H and O–H groups in total. The molecule has 0 spiro atoms. The van der Waals surface area contributed by atoms with Crippen molar-refractivity contribution in [2.45, 2.75) is 12.8 Å². The fourth-order valence-corrected chi connectivity index (χ4v) is 2.61. The summed E-state index contributed by atoms with van der Waals surface area (Å²) in [5.74, 6) is 0.834. The molecule has 0 aromatic heterocycles. The van der Waals surface area contributed by atoms with Crippen molar-refractivity contribution >= 4 is 21.6 Å². The zero-order valence-electron chi connectivity index (χ0n) is 12.1. The minimum Gasteiger partial charge on any atom is -0.497 e. The molecule has 2 rings (SSSR count). The van der Waals surface area contributed by atoms with Gasteiger partial charge >= 0.3 is 0 Å². The van der Waals surface area contributed by atoms with Crippen molar-refractivity contribution in [3.63, 3.8) is 0 Å². The van der Waals surface area contributed by atoms with Gasteiger partial charge in [0.1, 0.15) is 5.75 Å². The van der Waals surface area contributed by atoms with Crippen LogP contribution in [0.2, 0.25) is 0 Å². The van der Waals surface area contributed by atoms with Crippen LogP contribution in [-0.4, -0.2) is 25.4 Å². The number of rotatable bonds is 7. The first-order valence-electron chi connectivity index (χ1n) is 6.98. The van der Waals surface area contributed by atoms with Gasteiger partial charge in [-0.05, 0) is 36.1 Å². The summed E-state index contributed by atoms with van der Waals surface area (Å²) < 4.78 is 6.24. The number of halogens is 1. The number of hydrogen-bond acceptors (Lipinski definition) is 3. The summed E-state index contributed by atoms with van der Waals surface area (Å²) in [5.41, 5.74) is 3.50. The lowest BCUT2D eigenvalue weighted by atomic mass is 10.1. The standard InChI is InChI=1S/C17H20BrNO2/c1-21-17-11-15(18)10-16(12-17)19-8-6-13-2-4-14(5-3-13)7-9-20/h2-5,10-12,19-20H,6-9H2,1H3. The molecule has 0 saturated carbocycles. The third kappa shape index (κ3) is 5.06. The van der Waals surface area contributed by atoms with Gasteiger partial charge in [0.25, 0.3) is 0 Å². The largest absolute Gasteiger partial charge is 0.497 e. The van der Waals surface area contributed by atoms with Crippen molar-refractivity contribution in [3.8, 4) is 5.75 Å². The maximum Gasteiger partial charge on any atom is 0.122 e. The number of ether oxygens (including phenoxy) is 1. The number of anilines is 1. The number of nitrogens with one attached hydrogen (secondary N) is 1. The summed E-state index contributed by atoms with van der Waals surface area (Å²) >= 11 is 3.47. The minimum absolute atomic E-state index is 0.200. The van der Waals surface area contributed by atoms with Crippen LogP contribution in [0.4, 0.5) is 5.69 Å². The molecule has 0 amide bonds. The van der Waals surface area contributed by atoms with Crippen molar-refractivity contribution < 1.29 is 9.84 Å². The molecule has 0 aliphatic heterocycles. The third-order valence-corrected chi connectivity index (χ3v) is 3.73. The van der Waals surface area contributed by atoms with E-state index in [0.717, 1.165) is 35.3 Å². The predicted octanol–water partition coefficient (Wildman–Crippen LogP) is 3.65. The molecule has 0 unspecified atom stereocenters. The Hall–Kier alpha value is -1.52. The summed E-state index contributed by atoms with van der Waals surface area (Å²) in [6.45, 7) is 1.06. The molecular formula is C17H20BrNO2. The quantitative estimate of drug-likeness (QED) is 0.801. The van der Waals surface area contributed by atoms with E-state index in [2.05, 4.69) is 45.5 Å². The molecule has 0 heterocycles. The summed E-state index contributed by atoms with van der Waals surface area (Å²) in [7, 11) is 1.67. The van der Waals surface area contributed by atoms with Crippen molar-refractivity contribution in [2.24, 2.45) is 0 Å². The monoisotopic (exact) mass is 349 g/mol. The summed E-state index contributed by atoms with van der Waals surface area (Å²) in [5, 5.41) is 12.3. The highest BCUT2D eigenvalue weighted by molar-refractivity contribution is 9.10. The molecule has 21 heavy (non-hydrogen) atoms. The Bertz CT molecular complexity index is 570. The van der Waals surface area contributed by atoms with E-state index in [1.54, 1.807) is 7.11 Å². The smallest absolute Gasteiger partial charge is 0.122 e. The van der Waals surface area contributed by atoms with E-state index in [4.69, 9.17) is 9.84 Å². The van der Waals surface area contributed by atoms with Gasteiger partial charge in [-0.2, -0.15) is 0 Å².